The summed E-state index contributed by atoms with van der Waals surface area (Å²) in [5.74, 6) is 0.829. The van der Waals surface area contributed by atoms with Gasteiger partial charge in [-0.1, -0.05) is 17.3 Å². The van der Waals surface area contributed by atoms with Crippen LogP contribution in [0.3, 0.4) is 0 Å². The second-order valence-corrected chi connectivity index (χ2v) is 8.98. The topological polar surface area (TPSA) is 82.0 Å². The van der Waals surface area contributed by atoms with Gasteiger partial charge in [0.15, 0.2) is 0 Å². The van der Waals surface area contributed by atoms with Crippen molar-refractivity contribution in [1.82, 2.24) is 24.8 Å². The van der Waals surface area contributed by atoms with Gasteiger partial charge in [0, 0.05) is 32.7 Å². The number of piperazine rings is 1. The zero-order valence-electron chi connectivity index (χ0n) is 18.7. The van der Waals surface area contributed by atoms with Gasteiger partial charge in [0.1, 0.15) is 23.1 Å². The number of ether oxygens (including phenoxy) is 3. The van der Waals surface area contributed by atoms with Gasteiger partial charge in [-0.2, -0.15) is 0 Å². The molecule has 2 aromatic rings. The van der Waals surface area contributed by atoms with Crippen molar-refractivity contribution in [1.29, 1.82) is 0 Å². The zero-order valence-corrected chi connectivity index (χ0v) is 18.7. The van der Waals surface area contributed by atoms with Gasteiger partial charge in [-0.3, -0.25) is 4.90 Å². The molecule has 2 aliphatic heterocycles. The first-order valence-corrected chi connectivity index (χ1v) is 10.7. The maximum absolute atomic E-state index is 12.2. The minimum atomic E-state index is -0.473. The van der Waals surface area contributed by atoms with Crippen LogP contribution in [0.15, 0.2) is 24.3 Å². The Morgan fingerprint density at radius 2 is 1.87 bits per heavy atom. The van der Waals surface area contributed by atoms with Crippen molar-refractivity contribution in [2.75, 3.05) is 33.3 Å². The number of nitrogens with zero attached hydrogens (tertiary/aromatic N) is 5. The Balaban J connectivity index is 1.32. The van der Waals surface area contributed by atoms with Crippen LogP contribution < -0.4 is 4.74 Å². The lowest BCUT2D eigenvalue weighted by molar-refractivity contribution is -0.00244. The van der Waals surface area contributed by atoms with Crippen LogP contribution in [0.4, 0.5) is 4.79 Å². The van der Waals surface area contributed by atoms with Gasteiger partial charge in [0.05, 0.1) is 26.0 Å². The molecule has 1 aromatic heterocycles. The maximum Gasteiger partial charge on any atom is 0.410 e. The molecule has 0 saturated carbocycles. The third kappa shape index (κ3) is 5.16. The van der Waals surface area contributed by atoms with Gasteiger partial charge in [0.25, 0.3) is 0 Å². The predicted octanol–water partition coefficient (Wildman–Crippen LogP) is 2.61. The van der Waals surface area contributed by atoms with Crippen LogP contribution in [0.2, 0.25) is 0 Å². The van der Waals surface area contributed by atoms with E-state index in [1.54, 1.807) is 12.0 Å². The summed E-state index contributed by atoms with van der Waals surface area (Å²) in [6, 6.07) is 7.93. The van der Waals surface area contributed by atoms with Crippen molar-refractivity contribution < 1.29 is 19.0 Å². The second-order valence-electron chi connectivity index (χ2n) is 8.98. The summed E-state index contributed by atoms with van der Waals surface area (Å²) in [4.78, 5) is 16.3. The molecule has 0 bridgehead atoms. The van der Waals surface area contributed by atoms with Gasteiger partial charge >= 0.3 is 6.09 Å². The normalized spacial score (nSPS) is 19.7. The average molecular weight is 430 g/mol. The summed E-state index contributed by atoms with van der Waals surface area (Å²) in [5, 5.41) is 8.78. The summed E-state index contributed by atoms with van der Waals surface area (Å²) in [6.45, 7) is 10.3. The first-order valence-electron chi connectivity index (χ1n) is 10.7. The number of benzene rings is 1. The number of carbonyl (C=O) groups excluding carboxylic acids is 1. The molecule has 0 radical (unpaired) electrons. The summed E-state index contributed by atoms with van der Waals surface area (Å²) in [6.07, 6.45) is -0.295. The molecule has 1 aromatic carbocycles. The molecular formula is C22H31N5O4. The SMILES string of the molecule is COc1ccc([C@H]2Cn3nnc(CN4CCN(C(=O)OC(C)(C)C)CC4)c3CO2)cc1. The van der Waals surface area contributed by atoms with E-state index in [0.29, 0.717) is 32.8 Å². The molecular weight excluding hydrogens is 398 g/mol. The third-order valence-corrected chi connectivity index (χ3v) is 5.56. The number of hydrogen-bond donors (Lipinski definition) is 0. The van der Waals surface area contributed by atoms with Crippen molar-refractivity contribution in [3.05, 3.63) is 41.2 Å². The molecule has 1 atom stereocenters. The lowest BCUT2D eigenvalue weighted by atomic mass is 10.1. The molecule has 4 rings (SSSR count). The summed E-state index contributed by atoms with van der Waals surface area (Å²) in [7, 11) is 1.66. The van der Waals surface area contributed by atoms with E-state index in [4.69, 9.17) is 14.2 Å². The van der Waals surface area contributed by atoms with E-state index >= 15 is 0 Å². The Bertz CT molecular complexity index is 898. The molecule has 1 amide bonds. The maximum atomic E-state index is 12.2. The zero-order chi connectivity index (χ0) is 22.0. The summed E-state index contributed by atoms with van der Waals surface area (Å²) < 4.78 is 18.8. The molecule has 1 saturated heterocycles. The van der Waals surface area contributed by atoms with Crippen molar-refractivity contribution >= 4 is 6.09 Å². The molecule has 168 valence electrons. The van der Waals surface area contributed by atoms with E-state index in [-0.39, 0.29) is 12.2 Å². The van der Waals surface area contributed by atoms with Crippen molar-refractivity contribution in [3.8, 4) is 5.75 Å². The molecule has 9 nitrogen and oxygen atoms in total. The second kappa shape index (κ2) is 8.84. The van der Waals surface area contributed by atoms with Crippen LogP contribution in [0.5, 0.6) is 5.75 Å². The lowest BCUT2D eigenvalue weighted by Crippen LogP contribution is -2.49. The van der Waals surface area contributed by atoms with Crippen LogP contribution in [-0.4, -0.2) is 69.8 Å². The molecule has 3 heterocycles. The molecule has 9 heteroatoms. The number of methoxy groups -OCH3 is 1. The number of carbonyl (C=O) groups is 1. The minimum Gasteiger partial charge on any atom is -0.497 e. The quantitative estimate of drug-likeness (QED) is 0.739. The van der Waals surface area contributed by atoms with Gasteiger partial charge in [-0.05, 0) is 38.5 Å². The Morgan fingerprint density at radius 3 is 2.52 bits per heavy atom. The van der Waals surface area contributed by atoms with Crippen LogP contribution in [-0.2, 0) is 29.2 Å². The summed E-state index contributed by atoms with van der Waals surface area (Å²) in [5.41, 5.74) is 2.60. The highest BCUT2D eigenvalue weighted by Crippen LogP contribution is 2.28. The van der Waals surface area contributed by atoms with E-state index in [9.17, 15) is 4.79 Å². The molecule has 2 aliphatic rings. The fraction of sp³-hybridized carbons (Fsp3) is 0.591. The van der Waals surface area contributed by atoms with Crippen LogP contribution in [0, 0.1) is 0 Å². The molecule has 31 heavy (non-hydrogen) atoms. The lowest BCUT2D eigenvalue weighted by Gasteiger charge is -2.35. The van der Waals surface area contributed by atoms with Crippen LogP contribution in [0.1, 0.15) is 43.8 Å². The van der Waals surface area contributed by atoms with Gasteiger partial charge in [0.2, 0.25) is 0 Å². The number of amides is 1. The third-order valence-electron chi connectivity index (χ3n) is 5.56. The fourth-order valence-electron chi connectivity index (χ4n) is 3.83. The standard InChI is InChI=1S/C22H31N5O4/c1-22(2,3)31-21(28)26-11-9-25(10-12-26)13-18-19-15-30-20(14-27(19)24-23-18)16-5-7-17(29-4)8-6-16/h5-8,20H,9-15H2,1-4H3/t20-/m1/s1. The highest BCUT2D eigenvalue weighted by Gasteiger charge is 2.29. The minimum absolute atomic E-state index is 0.0506. The molecule has 0 unspecified atom stereocenters. The number of hydrogen-bond acceptors (Lipinski definition) is 7. The molecule has 0 N–H and O–H groups in total. The monoisotopic (exact) mass is 429 g/mol. The number of fused-ring (bicyclic) bond motifs is 1. The van der Waals surface area contributed by atoms with Crippen LogP contribution in [0.25, 0.3) is 0 Å². The van der Waals surface area contributed by atoms with Crippen molar-refractivity contribution in [2.24, 2.45) is 0 Å². The first kappa shape index (κ1) is 21.6. The molecule has 0 spiro atoms. The highest BCUT2D eigenvalue weighted by atomic mass is 16.6. The van der Waals surface area contributed by atoms with E-state index in [0.717, 1.165) is 35.8 Å². The van der Waals surface area contributed by atoms with Gasteiger partial charge in [-0.15, -0.1) is 5.10 Å². The van der Waals surface area contributed by atoms with E-state index in [1.807, 2.05) is 49.7 Å². The molecule has 0 aliphatic carbocycles. The Labute approximate surface area is 182 Å². The van der Waals surface area contributed by atoms with E-state index in [1.165, 1.54) is 0 Å². The van der Waals surface area contributed by atoms with Crippen molar-refractivity contribution in [3.63, 3.8) is 0 Å². The largest absolute Gasteiger partial charge is 0.497 e. The van der Waals surface area contributed by atoms with Crippen LogP contribution >= 0.6 is 0 Å². The first-order chi connectivity index (χ1) is 14.8. The van der Waals surface area contributed by atoms with Crippen molar-refractivity contribution in [2.45, 2.75) is 52.2 Å². The highest BCUT2D eigenvalue weighted by molar-refractivity contribution is 5.68. The predicted molar refractivity (Wildman–Crippen MR) is 114 cm³/mol. The van der Waals surface area contributed by atoms with Gasteiger partial charge < -0.3 is 19.1 Å². The molecule has 1 fully saturated rings. The Morgan fingerprint density at radius 1 is 1.16 bits per heavy atom. The number of aromatic nitrogens is 3. The van der Waals surface area contributed by atoms with Gasteiger partial charge in [-0.25, -0.2) is 9.48 Å². The van der Waals surface area contributed by atoms with E-state index < -0.39 is 5.60 Å². The smallest absolute Gasteiger partial charge is 0.410 e. The Hall–Kier alpha value is -2.65. The number of rotatable bonds is 4. The van der Waals surface area contributed by atoms with E-state index in [2.05, 4.69) is 15.2 Å². The average Bonchev–Trinajstić information content (AvgIpc) is 3.15. The Kier molecular flexibility index (Phi) is 6.15. The summed E-state index contributed by atoms with van der Waals surface area (Å²) >= 11 is 0. The fourth-order valence-corrected chi connectivity index (χ4v) is 3.83.